The molecular formula is C80H56N8O6. The van der Waals surface area contributed by atoms with Crippen LogP contribution in [-0.2, 0) is 11.3 Å². The molecule has 0 atom stereocenters. The number of fused-ring (bicyclic) bond motifs is 10. The first-order chi connectivity index (χ1) is 45.8. The third-order valence-electron chi connectivity index (χ3n) is 19.1. The summed E-state index contributed by atoms with van der Waals surface area (Å²) in [6.07, 6.45) is 0. The van der Waals surface area contributed by atoms with Gasteiger partial charge in [-0.1, -0.05) is 121 Å². The van der Waals surface area contributed by atoms with Gasteiger partial charge in [-0.05, 0) is 142 Å². The summed E-state index contributed by atoms with van der Waals surface area (Å²) in [5.74, 6) is -0.405. The number of carbonyl (C=O) groups is 4. The van der Waals surface area contributed by atoms with E-state index in [1.54, 1.807) is 62.8 Å². The Balaban J connectivity index is 0.912. The van der Waals surface area contributed by atoms with Crippen molar-refractivity contribution < 1.29 is 28.7 Å². The van der Waals surface area contributed by atoms with Crippen LogP contribution in [0.5, 0.6) is 11.5 Å². The van der Waals surface area contributed by atoms with Crippen LogP contribution in [0.3, 0.4) is 0 Å². The highest BCUT2D eigenvalue weighted by Crippen LogP contribution is 2.63. The smallest absolute Gasteiger partial charge is 0.265 e. The molecule has 14 nitrogen and oxygen atoms in total. The summed E-state index contributed by atoms with van der Waals surface area (Å²) < 4.78 is 11.4. The van der Waals surface area contributed by atoms with Crippen LogP contribution in [0, 0.1) is 0 Å². The molecule has 452 valence electrons. The Hall–Kier alpha value is -12.2. The second-order valence-corrected chi connectivity index (χ2v) is 24.6. The minimum atomic E-state index is -1.73. The van der Waals surface area contributed by atoms with Crippen molar-refractivity contribution in [2.75, 3.05) is 62.0 Å². The predicted octanol–water partition coefficient (Wildman–Crippen LogP) is 15.0. The minimum Gasteiger partial charge on any atom is -0.497 e. The van der Waals surface area contributed by atoms with E-state index in [0.29, 0.717) is 89.9 Å². The number of amides is 4. The van der Waals surface area contributed by atoms with E-state index < -0.39 is 35.0 Å². The maximum atomic E-state index is 14.8. The van der Waals surface area contributed by atoms with Crippen molar-refractivity contribution in [3.05, 3.63) is 286 Å². The van der Waals surface area contributed by atoms with Gasteiger partial charge in [0.05, 0.1) is 48.4 Å². The van der Waals surface area contributed by atoms with E-state index >= 15 is 0 Å². The fourth-order valence-corrected chi connectivity index (χ4v) is 14.8. The van der Waals surface area contributed by atoms with Crippen LogP contribution in [0.1, 0.15) is 74.8 Å². The summed E-state index contributed by atoms with van der Waals surface area (Å²) in [4.78, 5) is 90.1. The van der Waals surface area contributed by atoms with Crippen LogP contribution in [0.15, 0.2) is 250 Å². The lowest BCUT2D eigenvalue weighted by Gasteiger charge is -2.44. The summed E-state index contributed by atoms with van der Waals surface area (Å²) in [5, 5.41) is 6.88. The van der Waals surface area contributed by atoms with Gasteiger partial charge in [0, 0.05) is 117 Å². The van der Waals surface area contributed by atoms with Crippen molar-refractivity contribution in [3.63, 3.8) is 0 Å². The molecule has 0 fully saturated rings. The molecule has 12 aromatic carbocycles. The molecule has 0 radical (unpaired) electrons. The number of nitrogens with zero attached hydrogens (tertiary/aromatic N) is 8. The number of rotatable bonds is 10. The lowest BCUT2D eigenvalue weighted by molar-refractivity contribution is 0.0877. The Kier molecular flexibility index (Phi) is 12.3. The number of benzene rings is 12. The van der Waals surface area contributed by atoms with Gasteiger partial charge in [-0.15, -0.1) is 0 Å². The van der Waals surface area contributed by atoms with E-state index in [1.807, 2.05) is 159 Å². The predicted molar refractivity (Wildman–Crippen MR) is 374 cm³/mol. The van der Waals surface area contributed by atoms with Gasteiger partial charge in [0.25, 0.3) is 23.6 Å². The molecule has 0 saturated heterocycles. The molecule has 0 N–H and O–H groups in total. The first-order valence-electron chi connectivity index (χ1n) is 31.0. The third-order valence-corrected chi connectivity index (χ3v) is 19.1. The summed E-state index contributed by atoms with van der Waals surface area (Å²) >= 11 is 0. The number of methoxy groups -OCH3 is 2. The SMILES string of the molecule is COc1ccc(C2=NC3(N=C2c2ccc(OC)cc2)c2ccc4ccccc4c2-c2c(ccc4ccccc24)C32N=C(c3ccc(N4C(=O)c5cccc6c(N(C)C)ccc(c56)C4=O)cc3)C(c3ccc(N4C(=O)c5cccc6c(N(C)C)ccc(c56)C4=O)cc3)=N2)cc1. The largest absolute Gasteiger partial charge is 0.497 e. The van der Waals surface area contributed by atoms with E-state index in [1.165, 1.54) is 9.80 Å². The fourth-order valence-electron chi connectivity index (χ4n) is 14.8. The minimum absolute atomic E-state index is 0.366. The Morgan fingerprint density at radius 2 is 0.649 bits per heavy atom. The topological polar surface area (TPSA) is 149 Å². The molecule has 14 heteroatoms. The first-order valence-corrected chi connectivity index (χ1v) is 31.0. The molecule has 5 aliphatic rings. The van der Waals surface area contributed by atoms with Crippen LogP contribution >= 0.6 is 0 Å². The van der Waals surface area contributed by atoms with Crippen LogP contribution in [0.4, 0.5) is 22.7 Å². The lowest BCUT2D eigenvalue weighted by Crippen LogP contribution is -2.46. The molecule has 94 heavy (non-hydrogen) atoms. The van der Waals surface area contributed by atoms with Gasteiger partial charge in [0.1, 0.15) is 11.5 Å². The van der Waals surface area contributed by atoms with Crippen molar-refractivity contribution in [2.45, 2.75) is 11.3 Å². The van der Waals surface area contributed by atoms with Crippen LogP contribution in [-0.4, -0.2) is 88.9 Å². The van der Waals surface area contributed by atoms with Crippen molar-refractivity contribution in [1.29, 1.82) is 0 Å². The molecular weight excluding hydrogens is 1170 g/mol. The Morgan fingerprint density at radius 3 is 0.989 bits per heavy atom. The summed E-state index contributed by atoms with van der Waals surface area (Å²) in [6, 6.07) is 74.0. The van der Waals surface area contributed by atoms with Crippen LogP contribution in [0.2, 0.25) is 0 Å². The van der Waals surface area contributed by atoms with Gasteiger partial charge in [-0.2, -0.15) is 0 Å². The number of imide groups is 2. The lowest BCUT2D eigenvalue weighted by atomic mass is 9.69. The highest BCUT2D eigenvalue weighted by Gasteiger charge is 2.64. The van der Waals surface area contributed by atoms with E-state index in [4.69, 9.17) is 29.4 Å². The number of hydrogen-bond acceptors (Lipinski definition) is 12. The molecule has 4 amide bonds. The number of carbonyl (C=O) groups excluding carboxylic acids is 4. The molecule has 4 heterocycles. The summed E-state index contributed by atoms with van der Waals surface area (Å²) in [7, 11) is 11.0. The molecule has 4 aliphatic heterocycles. The van der Waals surface area contributed by atoms with Gasteiger partial charge in [0.2, 0.25) is 11.3 Å². The van der Waals surface area contributed by atoms with E-state index in [0.717, 1.165) is 77.1 Å². The number of aliphatic imine (C=N–C) groups is 4. The van der Waals surface area contributed by atoms with E-state index in [2.05, 4.69) is 60.7 Å². The Labute approximate surface area is 540 Å². The molecule has 0 bridgehead atoms. The van der Waals surface area contributed by atoms with Crippen molar-refractivity contribution in [1.82, 2.24) is 0 Å². The molecule has 0 saturated carbocycles. The van der Waals surface area contributed by atoms with Crippen molar-refractivity contribution in [3.8, 4) is 22.6 Å². The fraction of sp³-hybridized carbons (Fsp3) is 0.100. The van der Waals surface area contributed by atoms with Crippen LogP contribution in [0.25, 0.3) is 54.2 Å². The zero-order chi connectivity index (χ0) is 64.1. The molecule has 1 aliphatic carbocycles. The van der Waals surface area contributed by atoms with Gasteiger partial charge in [-0.25, -0.2) is 29.8 Å². The highest BCUT2D eigenvalue weighted by atomic mass is 16.5. The summed E-state index contributed by atoms with van der Waals surface area (Å²) in [5.41, 5.74) is 9.11. The van der Waals surface area contributed by atoms with E-state index in [9.17, 15) is 19.2 Å². The second kappa shape index (κ2) is 20.7. The normalized spacial score (nSPS) is 15.6. The van der Waals surface area contributed by atoms with E-state index in [-0.39, 0.29) is 0 Å². The summed E-state index contributed by atoms with van der Waals surface area (Å²) in [6.45, 7) is 0. The number of ether oxygens (including phenoxy) is 2. The standard InChI is InChI=1S/C80H56N8O6/c1-85(2)65-43-39-61-67-57(65)17-11-19-59(67)75(89)87(77(61)91)51-31-21-47(22-32-51)71-72(48-23-33-52(34-24-48)88-76(90)60-20-12-18-58-66(86(3)4)44-40-62(68(58)60)78(88)92)82-79(81-71)63-41-29-45-13-7-9-15-55(45)69(63)70-56-16-10-8-14-46(56)30-42-64(70)80(79)83-73(49-25-35-53(93-5)36-26-49)74(84-80)50-27-37-54(94-6)38-28-50/h7-44H,1-6H3. The number of hydrogen-bond donors (Lipinski definition) is 0. The molecule has 0 unspecified atom stereocenters. The Bertz CT molecular complexity index is 5200. The monoisotopic (exact) mass is 1220 g/mol. The molecule has 12 aromatic rings. The maximum Gasteiger partial charge on any atom is 0.265 e. The average Bonchev–Trinajstić information content (AvgIpc) is 1.41. The second-order valence-electron chi connectivity index (χ2n) is 24.6. The molecule has 2 spiro atoms. The Morgan fingerprint density at radius 1 is 0.330 bits per heavy atom. The number of anilines is 4. The van der Waals surface area contributed by atoms with Gasteiger partial charge in [0.15, 0.2) is 0 Å². The molecule has 17 rings (SSSR count). The zero-order valence-corrected chi connectivity index (χ0v) is 52.0. The molecule has 0 aromatic heterocycles. The average molecular weight is 1230 g/mol. The third kappa shape index (κ3) is 7.89. The highest BCUT2D eigenvalue weighted by molar-refractivity contribution is 6.56. The van der Waals surface area contributed by atoms with Crippen molar-refractivity contribution in [2.24, 2.45) is 20.0 Å². The zero-order valence-electron chi connectivity index (χ0n) is 52.0. The van der Waals surface area contributed by atoms with Gasteiger partial charge >= 0.3 is 0 Å². The van der Waals surface area contributed by atoms with Gasteiger partial charge < -0.3 is 19.3 Å². The first kappa shape index (κ1) is 55.9. The van der Waals surface area contributed by atoms with Crippen LogP contribution < -0.4 is 29.1 Å². The van der Waals surface area contributed by atoms with Gasteiger partial charge in [-0.3, -0.25) is 19.2 Å². The van der Waals surface area contributed by atoms with Crippen molar-refractivity contribution >= 4 is 112 Å². The quantitative estimate of drug-likeness (QED) is 0.123. The maximum absolute atomic E-state index is 14.8.